The van der Waals surface area contributed by atoms with Gasteiger partial charge < -0.3 is 10.4 Å². The number of benzene rings is 1. The van der Waals surface area contributed by atoms with Gasteiger partial charge >= 0.3 is 5.97 Å². The van der Waals surface area contributed by atoms with Crippen molar-refractivity contribution in [1.82, 2.24) is 4.98 Å². The molecule has 6 nitrogen and oxygen atoms in total. The van der Waals surface area contributed by atoms with Gasteiger partial charge in [-0.05, 0) is 43.5 Å². The van der Waals surface area contributed by atoms with Crippen LogP contribution in [0.15, 0.2) is 24.3 Å². The third kappa shape index (κ3) is 3.67. The second kappa shape index (κ2) is 6.99. The van der Waals surface area contributed by atoms with Gasteiger partial charge in [-0.1, -0.05) is 11.3 Å². The van der Waals surface area contributed by atoms with Gasteiger partial charge in [0.1, 0.15) is 22.5 Å². The maximum Gasteiger partial charge on any atom is 0.306 e. The highest BCUT2D eigenvalue weighted by molar-refractivity contribution is 7.16. The molecule has 1 saturated carbocycles. The molecule has 1 fully saturated rings. The van der Waals surface area contributed by atoms with Crippen LogP contribution < -0.4 is 5.32 Å². The molecular formula is C17H14FN3O3S. The summed E-state index contributed by atoms with van der Waals surface area (Å²) in [5.41, 5.74) is 0.971. The van der Waals surface area contributed by atoms with Crippen molar-refractivity contribution in [3.05, 3.63) is 35.0 Å². The molecule has 1 aromatic carbocycles. The number of hydrogen-bond donors (Lipinski definition) is 2. The molecule has 2 atom stereocenters. The van der Waals surface area contributed by atoms with Crippen LogP contribution in [0.25, 0.3) is 11.3 Å². The fourth-order valence-electron chi connectivity index (χ4n) is 2.90. The Morgan fingerprint density at radius 3 is 2.56 bits per heavy atom. The van der Waals surface area contributed by atoms with Crippen molar-refractivity contribution in [3.63, 3.8) is 0 Å². The molecule has 0 saturated heterocycles. The maximum atomic E-state index is 13.0. The fourth-order valence-corrected chi connectivity index (χ4v) is 3.69. The highest BCUT2D eigenvalue weighted by Crippen LogP contribution is 2.34. The summed E-state index contributed by atoms with van der Waals surface area (Å²) in [4.78, 5) is 27.9. The predicted octanol–water partition coefficient (Wildman–Crippen LogP) is 3.26. The van der Waals surface area contributed by atoms with E-state index in [1.54, 1.807) is 0 Å². The molecule has 1 heterocycles. The monoisotopic (exact) mass is 359 g/mol. The van der Waals surface area contributed by atoms with Crippen molar-refractivity contribution in [1.29, 1.82) is 5.26 Å². The molecule has 128 valence electrons. The lowest BCUT2D eigenvalue weighted by Gasteiger charge is -2.08. The van der Waals surface area contributed by atoms with E-state index in [0.29, 0.717) is 35.4 Å². The quantitative estimate of drug-likeness (QED) is 0.872. The molecule has 0 radical (unpaired) electrons. The Kier molecular flexibility index (Phi) is 4.76. The summed E-state index contributed by atoms with van der Waals surface area (Å²) < 4.78 is 13.0. The topological polar surface area (TPSA) is 103 Å². The third-order valence-electron chi connectivity index (χ3n) is 4.23. The number of carboxylic acids is 1. The lowest BCUT2D eigenvalue weighted by molar-refractivity contribution is -0.141. The molecule has 0 aliphatic heterocycles. The van der Waals surface area contributed by atoms with Crippen molar-refractivity contribution in [2.75, 3.05) is 5.32 Å². The van der Waals surface area contributed by atoms with Crippen molar-refractivity contribution >= 4 is 28.3 Å². The van der Waals surface area contributed by atoms with Gasteiger partial charge in [0, 0.05) is 11.5 Å². The summed E-state index contributed by atoms with van der Waals surface area (Å²) in [5.74, 6) is -2.41. The Hall–Kier alpha value is -2.79. The first-order valence-corrected chi connectivity index (χ1v) is 8.50. The molecule has 3 rings (SSSR count). The molecule has 1 aliphatic carbocycles. The molecule has 25 heavy (non-hydrogen) atoms. The molecule has 0 bridgehead atoms. The molecule has 0 spiro atoms. The Labute approximate surface area is 146 Å². The van der Waals surface area contributed by atoms with E-state index in [0.717, 1.165) is 11.3 Å². The van der Waals surface area contributed by atoms with Crippen LogP contribution in [0.2, 0.25) is 0 Å². The maximum absolute atomic E-state index is 13.0. The highest BCUT2D eigenvalue weighted by Gasteiger charge is 2.34. The Bertz CT molecular complexity index is 857. The van der Waals surface area contributed by atoms with Gasteiger partial charge in [-0.15, -0.1) is 0 Å². The van der Waals surface area contributed by atoms with E-state index in [9.17, 15) is 19.2 Å². The van der Waals surface area contributed by atoms with Crippen LogP contribution in [0.4, 0.5) is 9.52 Å². The van der Waals surface area contributed by atoms with Crippen LogP contribution in [-0.2, 0) is 9.59 Å². The second-order valence-corrected chi connectivity index (χ2v) is 6.85. The molecule has 8 heteroatoms. The van der Waals surface area contributed by atoms with Gasteiger partial charge in [0.25, 0.3) is 0 Å². The Morgan fingerprint density at radius 1 is 1.28 bits per heavy atom. The number of amides is 1. The van der Waals surface area contributed by atoms with Gasteiger partial charge in [-0.2, -0.15) is 5.26 Å². The number of carboxylic acid groups (broad SMARTS) is 1. The Balaban J connectivity index is 1.76. The van der Waals surface area contributed by atoms with Crippen molar-refractivity contribution in [2.45, 2.75) is 19.3 Å². The summed E-state index contributed by atoms with van der Waals surface area (Å²) >= 11 is 1.04. The van der Waals surface area contributed by atoms with E-state index in [1.807, 2.05) is 6.07 Å². The standard InChI is InChI=1S/C17H14FN3O3S/c18-12-5-3-9(4-6-12)14-13(8-19)25-17(20-14)21-15(22)10-1-2-11(7-10)16(23)24/h3-6,10-11H,1-2,7H2,(H,23,24)(H,20,21,22)/t10-,11-/m0/s1. The van der Waals surface area contributed by atoms with Crippen LogP contribution in [-0.4, -0.2) is 22.0 Å². The number of halogens is 1. The van der Waals surface area contributed by atoms with E-state index < -0.39 is 11.9 Å². The average Bonchev–Trinajstić information content (AvgIpc) is 3.22. The van der Waals surface area contributed by atoms with Crippen LogP contribution in [0.1, 0.15) is 24.1 Å². The number of rotatable bonds is 4. The minimum atomic E-state index is -0.880. The number of hydrogen-bond acceptors (Lipinski definition) is 5. The molecule has 1 amide bonds. The van der Waals surface area contributed by atoms with Crippen molar-refractivity contribution in [2.24, 2.45) is 11.8 Å². The van der Waals surface area contributed by atoms with Crippen molar-refractivity contribution < 1.29 is 19.1 Å². The highest BCUT2D eigenvalue weighted by atomic mass is 32.1. The molecular weight excluding hydrogens is 345 g/mol. The van der Waals surface area contributed by atoms with Crippen LogP contribution in [0, 0.1) is 29.0 Å². The van der Waals surface area contributed by atoms with E-state index >= 15 is 0 Å². The first kappa shape index (κ1) is 17.0. The van der Waals surface area contributed by atoms with Crippen molar-refractivity contribution in [3.8, 4) is 17.3 Å². The summed E-state index contributed by atoms with van der Waals surface area (Å²) in [6.45, 7) is 0. The zero-order valence-corrected chi connectivity index (χ0v) is 13.8. The van der Waals surface area contributed by atoms with E-state index in [1.165, 1.54) is 24.3 Å². The predicted molar refractivity (Wildman–Crippen MR) is 89.3 cm³/mol. The number of carbonyl (C=O) groups excluding carboxylic acids is 1. The summed E-state index contributed by atoms with van der Waals surface area (Å²) in [6.07, 6.45) is 1.31. The normalized spacial score (nSPS) is 19.4. The van der Waals surface area contributed by atoms with Crippen LogP contribution in [0.5, 0.6) is 0 Å². The fraction of sp³-hybridized carbons (Fsp3) is 0.294. The molecule has 2 aromatic rings. The summed E-state index contributed by atoms with van der Waals surface area (Å²) in [5, 5.41) is 21.2. The largest absolute Gasteiger partial charge is 0.481 e. The van der Waals surface area contributed by atoms with Gasteiger partial charge in [0.2, 0.25) is 5.91 Å². The number of aliphatic carboxylic acids is 1. The zero-order chi connectivity index (χ0) is 18.0. The van der Waals surface area contributed by atoms with Gasteiger partial charge in [0.05, 0.1) is 5.92 Å². The number of nitriles is 1. The lowest BCUT2D eigenvalue weighted by Crippen LogP contribution is -2.21. The van der Waals surface area contributed by atoms with Gasteiger partial charge in [0.15, 0.2) is 5.13 Å². The number of nitrogens with one attached hydrogen (secondary N) is 1. The van der Waals surface area contributed by atoms with Crippen LogP contribution in [0.3, 0.4) is 0 Å². The first-order chi connectivity index (χ1) is 12.0. The molecule has 1 aromatic heterocycles. The molecule has 2 N–H and O–H groups in total. The van der Waals surface area contributed by atoms with Gasteiger partial charge in [-0.3, -0.25) is 9.59 Å². The van der Waals surface area contributed by atoms with Crippen LogP contribution >= 0.6 is 11.3 Å². The van der Waals surface area contributed by atoms with E-state index in [2.05, 4.69) is 10.3 Å². The number of aromatic nitrogens is 1. The number of anilines is 1. The van der Waals surface area contributed by atoms with E-state index in [4.69, 9.17) is 5.11 Å². The first-order valence-electron chi connectivity index (χ1n) is 7.68. The summed E-state index contributed by atoms with van der Waals surface area (Å²) in [7, 11) is 0. The molecule has 1 aliphatic rings. The third-order valence-corrected chi connectivity index (χ3v) is 5.10. The zero-order valence-electron chi connectivity index (χ0n) is 13.0. The molecule has 0 unspecified atom stereocenters. The minimum Gasteiger partial charge on any atom is -0.481 e. The number of nitrogens with zero attached hydrogens (tertiary/aromatic N) is 2. The minimum absolute atomic E-state index is 0.277. The smallest absolute Gasteiger partial charge is 0.306 e. The number of carbonyl (C=O) groups is 2. The summed E-state index contributed by atoms with van der Waals surface area (Å²) in [6, 6.07) is 7.62. The van der Waals surface area contributed by atoms with E-state index in [-0.39, 0.29) is 22.8 Å². The van der Waals surface area contributed by atoms with Gasteiger partial charge in [-0.25, -0.2) is 9.37 Å². The Morgan fingerprint density at radius 2 is 1.96 bits per heavy atom. The lowest BCUT2D eigenvalue weighted by atomic mass is 10.0. The second-order valence-electron chi connectivity index (χ2n) is 5.85. The average molecular weight is 359 g/mol. The number of thiazole rings is 1. The SMILES string of the molecule is N#Cc1sc(NC(=O)[C@H]2CC[C@H](C(=O)O)C2)nc1-c1ccc(F)cc1.